The number of unbranched alkanes of at least 4 members (excludes halogenated alkanes) is 2. The van der Waals surface area contributed by atoms with Gasteiger partial charge in [-0.15, -0.1) is 0 Å². The molecule has 0 amide bonds. The first-order valence-corrected chi connectivity index (χ1v) is 14.1. The zero-order valence-corrected chi connectivity index (χ0v) is 20.9. The summed E-state index contributed by atoms with van der Waals surface area (Å²) in [7, 11) is -9.28. The molecule has 10 heteroatoms. The molecule has 0 aliphatic heterocycles. The molecule has 0 aromatic heterocycles. The van der Waals surface area contributed by atoms with Crippen molar-refractivity contribution in [3.63, 3.8) is 0 Å². The zero-order chi connectivity index (χ0) is 25.8. The lowest BCUT2D eigenvalue weighted by Crippen LogP contribution is -1.93. The van der Waals surface area contributed by atoms with Gasteiger partial charge in [0.05, 0.1) is 0 Å². The number of hydrogen-bond acceptors (Lipinski definition) is 2. The molecule has 0 saturated carbocycles. The summed E-state index contributed by atoms with van der Waals surface area (Å²) < 4.78 is 17.8. The Kier molecular flexibility index (Phi) is 8.65. The molecule has 186 valence electrons. The molecule has 0 radical (unpaired) electrons. The fraction of sp³-hybridized carbons (Fsp3) is 0.200. The Morgan fingerprint density at radius 1 is 0.571 bits per heavy atom. The number of benzene rings is 5. The van der Waals surface area contributed by atoms with Crippen LogP contribution in [0.2, 0.25) is 0 Å². The summed E-state index contributed by atoms with van der Waals surface area (Å²) >= 11 is 0. The number of aryl methyl sites for hydroxylation is 1. The molecule has 0 heterocycles. The number of hydrogen-bond donors (Lipinski definition) is 6. The lowest BCUT2D eigenvalue weighted by Gasteiger charge is -2.17. The third kappa shape index (κ3) is 7.31. The van der Waals surface area contributed by atoms with Crippen LogP contribution >= 0.6 is 15.6 Å². The number of fused-ring (bicyclic) bond motifs is 2. The topological polar surface area (TPSA) is 156 Å². The van der Waals surface area contributed by atoms with Crippen molar-refractivity contribution in [1.29, 1.82) is 0 Å². The SMILES string of the molecule is CCCCCc1ccc2cccc3c4cccc5cccc(c1c23)c54.O=P(O)(O)O.O=P(O)(O)O. The van der Waals surface area contributed by atoms with Gasteiger partial charge >= 0.3 is 15.6 Å². The first-order valence-electron chi connectivity index (χ1n) is 11.0. The molecule has 0 unspecified atom stereocenters. The summed E-state index contributed by atoms with van der Waals surface area (Å²) in [5.74, 6) is 0. The van der Waals surface area contributed by atoms with Crippen LogP contribution in [0.1, 0.15) is 31.7 Å². The van der Waals surface area contributed by atoms with Crippen LogP contribution < -0.4 is 0 Å². The van der Waals surface area contributed by atoms with Crippen molar-refractivity contribution in [3.8, 4) is 0 Å². The van der Waals surface area contributed by atoms with Crippen LogP contribution in [0, 0.1) is 0 Å². The smallest absolute Gasteiger partial charge is 0.303 e. The van der Waals surface area contributed by atoms with E-state index < -0.39 is 15.6 Å². The largest absolute Gasteiger partial charge is 0.466 e. The van der Waals surface area contributed by atoms with Gasteiger partial charge in [0, 0.05) is 0 Å². The van der Waals surface area contributed by atoms with Crippen molar-refractivity contribution < 1.29 is 38.5 Å². The molecule has 5 aromatic rings. The van der Waals surface area contributed by atoms with Gasteiger partial charge in [0.1, 0.15) is 0 Å². The lowest BCUT2D eigenvalue weighted by molar-refractivity contribution is 0.272. The Bertz CT molecular complexity index is 1500. The second-order valence-electron chi connectivity index (χ2n) is 8.20. The fourth-order valence-electron chi connectivity index (χ4n) is 4.50. The van der Waals surface area contributed by atoms with Crippen molar-refractivity contribution >= 4 is 58.7 Å². The maximum Gasteiger partial charge on any atom is 0.466 e. The van der Waals surface area contributed by atoms with E-state index in [9.17, 15) is 0 Å². The van der Waals surface area contributed by atoms with E-state index in [1.807, 2.05) is 0 Å². The monoisotopic (exact) mass is 518 g/mol. The average Bonchev–Trinajstić information content (AvgIpc) is 2.75. The van der Waals surface area contributed by atoms with Crippen molar-refractivity contribution in [2.24, 2.45) is 0 Å². The summed E-state index contributed by atoms with van der Waals surface area (Å²) in [6, 6.07) is 24.9. The quantitative estimate of drug-likeness (QED) is 0.0776. The normalized spacial score (nSPS) is 12.0. The molecule has 0 bridgehead atoms. The van der Waals surface area contributed by atoms with Crippen LogP contribution in [0.5, 0.6) is 0 Å². The summed E-state index contributed by atoms with van der Waals surface area (Å²) in [6.45, 7) is 2.28. The maximum absolute atomic E-state index is 8.88. The third-order valence-corrected chi connectivity index (χ3v) is 5.65. The van der Waals surface area contributed by atoms with Gasteiger partial charge in [-0.2, -0.15) is 0 Å². The highest BCUT2D eigenvalue weighted by Crippen LogP contribution is 2.41. The summed E-state index contributed by atoms with van der Waals surface area (Å²) in [5, 5.41) is 11.3. The molecule has 0 spiro atoms. The standard InChI is InChI=1S/C25H22.2H3O4P/c1-2-3-4-8-18-15-16-19-11-6-13-21-20-12-5-9-17-10-7-14-22(23(17)20)25(18)24(19)21;2*1-5(2,3)4/h5-7,9-16H,2-4,8H2,1H3;2*(H3,1,2,3,4). The van der Waals surface area contributed by atoms with E-state index in [1.165, 1.54) is 74.3 Å². The van der Waals surface area contributed by atoms with E-state index in [-0.39, 0.29) is 0 Å². The minimum atomic E-state index is -4.64. The van der Waals surface area contributed by atoms with Gasteiger partial charge in [0.15, 0.2) is 0 Å². The number of rotatable bonds is 4. The van der Waals surface area contributed by atoms with E-state index in [0.717, 1.165) is 0 Å². The van der Waals surface area contributed by atoms with Crippen LogP contribution in [0.15, 0.2) is 66.7 Å². The molecule has 35 heavy (non-hydrogen) atoms. The van der Waals surface area contributed by atoms with Gasteiger partial charge in [-0.3, -0.25) is 0 Å². The van der Waals surface area contributed by atoms with Crippen LogP contribution in [-0.2, 0) is 15.6 Å². The van der Waals surface area contributed by atoms with E-state index in [1.54, 1.807) is 0 Å². The van der Waals surface area contributed by atoms with Gasteiger partial charge in [-0.05, 0) is 61.5 Å². The molecule has 0 aliphatic carbocycles. The Morgan fingerprint density at radius 3 is 1.54 bits per heavy atom. The Morgan fingerprint density at radius 2 is 1.03 bits per heavy atom. The third-order valence-electron chi connectivity index (χ3n) is 5.65. The van der Waals surface area contributed by atoms with Crippen LogP contribution in [0.25, 0.3) is 43.1 Å². The fourth-order valence-corrected chi connectivity index (χ4v) is 4.50. The molecule has 5 aromatic carbocycles. The Labute approximate surface area is 202 Å². The van der Waals surface area contributed by atoms with Gasteiger partial charge in [-0.1, -0.05) is 86.5 Å². The Balaban J connectivity index is 0.000000293. The molecule has 5 rings (SSSR count). The summed E-state index contributed by atoms with van der Waals surface area (Å²) in [5.41, 5.74) is 1.51. The van der Waals surface area contributed by atoms with E-state index in [0.29, 0.717) is 0 Å². The van der Waals surface area contributed by atoms with Gasteiger partial charge in [0.25, 0.3) is 0 Å². The highest BCUT2D eigenvalue weighted by atomic mass is 31.2. The summed E-state index contributed by atoms with van der Waals surface area (Å²) in [6.07, 6.45) is 5.02. The molecular weight excluding hydrogens is 490 g/mol. The van der Waals surface area contributed by atoms with Gasteiger partial charge in [0.2, 0.25) is 0 Å². The minimum absolute atomic E-state index is 1.17. The van der Waals surface area contributed by atoms with Crippen molar-refractivity contribution in [3.05, 3.63) is 72.3 Å². The lowest BCUT2D eigenvalue weighted by atomic mass is 9.86. The second-order valence-corrected chi connectivity index (χ2v) is 10.2. The molecule has 0 aliphatic rings. The molecule has 0 saturated heterocycles. The second kappa shape index (κ2) is 11.1. The predicted octanol–water partition coefficient (Wildman–Crippen LogP) is 5.61. The van der Waals surface area contributed by atoms with Gasteiger partial charge < -0.3 is 29.4 Å². The van der Waals surface area contributed by atoms with Crippen LogP contribution in [0.3, 0.4) is 0 Å². The van der Waals surface area contributed by atoms with E-state index >= 15 is 0 Å². The summed E-state index contributed by atoms with van der Waals surface area (Å²) in [4.78, 5) is 43.1. The van der Waals surface area contributed by atoms with Gasteiger partial charge in [-0.25, -0.2) is 9.13 Å². The average molecular weight is 518 g/mol. The van der Waals surface area contributed by atoms with E-state index in [2.05, 4.69) is 73.7 Å². The van der Waals surface area contributed by atoms with Crippen LogP contribution in [0.4, 0.5) is 0 Å². The molecule has 6 N–H and O–H groups in total. The van der Waals surface area contributed by atoms with Crippen molar-refractivity contribution in [2.45, 2.75) is 32.6 Å². The minimum Gasteiger partial charge on any atom is -0.303 e. The first-order chi connectivity index (χ1) is 16.4. The highest BCUT2D eigenvalue weighted by Gasteiger charge is 2.14. The van der Waals surface area contributed by atoms with Crippen molar-refractivity contribution in [1.82, 2.24) is 0 Å². The molecular formula is C25H28O8P2. The first kappa shape index (κ1) is 27.2. The maximum atomic E-state index is 8.88. The van der Waals surface area contributed by atoms with Crippen LogP contribution in [-0.4, -0.2) is 29.4 Å². The zero-order valence-electron chi connectivity index (χ0n) is 19.1. The number of phosphoric acid groups is 2. The van der Waals surface area contributed by atoms with E-state index in [4.69, 9.17) is 38.5 Å². The predicted molar refractivity (Wildman–Crippen MR) is 139 cm³/mol. The Hall–Kier alpha value is -2.38. The molecule has 0 atom stereocenters. The van der Waals surface area contributed by atoms with Crippen molar-refractivity contribution in [2.75, 3.05) is 0 Å². The molecule has 0 fully saturated rings. The highest BCUT2D eigenvalue weighted by molar-refractivity contribution is 7.45. The molecule has 8 nitrogen and oxygen atoms in total.